The maximum Gasteiger partial charge on any atom is 0.142 e. The lowest BCUT2D eigenvalue weighted by molar-refractivity contribution is 0.140. The average Bonchev–Trinajstić information content (AvgIpc) is 3.21. The van der Waals surface area contributed by atoms with E-state index in [-0.39, 0.29) is 0 Å². The van der Waals surface area contributed by atoms with Gasteiger partial charge >= 0.3 is 0 Å². The van der Waals surface area contributed by atoms with Crippen molar-refractivity contribution in [1.82, 2.24) is 14.5 Å². The van der Waals surface area contributed by atoms with Gasteiger partial charge in [0.1, 0.15) is 11.6 Å². The van der Waals surface area contributed by atoms with E-state index in [1.54, 1.807) is 0 Å². The van der Waals surface area contributed by atoms with Crippen molar-refractivity contribution in [2.24, 2.45) is 0 Å². The Morgan fingerprint density at radius 2 is 1.93 bits per heavy atom. The third-order valence-corrected chi connectivity index (χ3v) is 6.09. The van der Waals surface area contributed by atoms with Gasteiger partial charge in [0, 0.05) is 41.5 Å². The molecule has 2 atom stereocenters. The van der Waals surface area contributed by atoms with Crippen molar-refractivity contribution < 1.29 is 4.74 Å². The Labute approximate surface area is 174 Å². The lowest BCUT2D eigenvalue weighted by Crippen LogP contribution is -2.33. The predicted molar refractivity (Wildman–Crippen MR) is 118 cm³/mol. The summed E-state index contributed by atoms with van der Waals surface area (Å²) in [5.41, 5.74) is 3.13. The van der Waals surface area contributed by atoms with Gasteiger partial charge in [-0.1, -0.05) is 15.9 Å². The number of hydrogen-bond acceptors (Lipinski definition) is 4. The lowest BCUT2D eigenvalue weighted by atomic mass is 10.2. The molecule has 0 spiro atoms. The molecule has 5 nitrogen and oxygen atoms in total. The third kappa shape index (κ3) is 3.67. The van der Waals surface area contributed by atoms with Crippen LogP contribution in [0.1, 0.15) is 33.6 Å². The number of aromatic nitrogens is 3. The van der Waals surface area contributed by atoms with E-state index >= 15 is 0 Å². The third-order valence-electron chi connectivity index (χ3n) is 5.60. The summed E-state index contributed by atoms with van der Waals surface area (Å²) in [4.78, 5) is 12.1. The summed E-state index contributed by atoms with van der Waals surface area (Å²) in [6.45, 7) is 8.74. The smallest absolute Gasteiger partial charge is 0.142 e. The molecule has 28 heavy (non-hydrogen) atoms. The Morgan fingerprint density at radius 3 is 2.61 bits per heavy atom. The molecule has 0 bridgehead atoms. The summed E-state index contributed by atoms with van der Waals surface area (Å²) in [6.07, 6.45) is 4.42. The van der Waals surface area contributed by atoms with Crippen LogP contribution in [0.3, 0.4) is 0 Å². The molecule has 0 saturated carbocycles. The van der Waals surface area contributed by atoms with Crippen molar-refractivity contribution in [3.05, 3.63) is 41.0 Å². The minimum absolute atomic E-state index is 0.543. The molecule has 1 aromatic carbocycles. The number of pyridine rings is 1. The molecule has 1 saturated heterocycles. The highest BCUT2D eigenvalue weighted by atomic mass is 79.9. The van der Waals surface area contributed by atoms with Gasteiger partial charge in [0.2, 0.25) is 0 Å². The quantitative estimate of drug-likeness (QED) is 0.487. The fraction of sp³-hybridized carbons (Fsp3) is 0.455. The molecule has 0 unspecified atom stereocenters. The van der Waals surface area contributed by atoms with Gasteiger partial charge < -0.3 is 14.2 Å². The van der Waals surface area contributed by atoms with Gasteiger partial charge in [-0.05, 0) is 63.9 Å². The average molecular weight is 443 g/mol. The molecule has 4 rings (SSSR count). The zero-order valence-electron chi connectivity index (χ0n) is 16.7. The van der Waals surface area contributed by atoms with Gasteiger partial charge in [-0.2, -0.15) is 0 Å². The van der Waals surface area contributed by atoms with Crippen molar-refractivity contribution in [1.29, 1.82) is 0 Å². The van der Waals surface area contributed by atoms with Crippen LogP contribution in [0.2, 0.25) is 0 Å². The molecule has 148 valence electrons. The van der Waals surface area contributed by atoms with Crippen LogP contribution in [0.4, 0.5) is 5.82 Å². The highest BCUT2D eigenvalue weighted by Crippen LogP contribution is 2.31. The Balaban J connectivity index is 1.70. The summed E-state index contributed by atoms with van der Waals surface area (Å²) >= 11 is 3.55. The number of hydrogen-bond donors (Lipinski definition) is 0. The number of halogens is 1. The van der Waals surface area contributed by atoms with Crippen LogP contribution in [0, 0.1) is 0 Å². The monoisotopic (exact) mass is 442 g/mol. The van der Waals surface area contributed by atoms with Crippen molar-refractivity contribution in [2.45, 2.75) is 52.2 Å². The number of imidazole rings is 1. The molecule has 0 amide bonds. The maximum atomic E-state index is 5.60. The van der Waals surface area contributed by atoms with Gasteiger partial charge in [0.25, 0.3) is 0 Å². The number of fused-ring (bicyclic) bond motifs is 1. The second-order valence-electron chi connectivity index (χ2n) is 7.50. The van der Waals surface area contributed by atoms with Crippen LogP contribution < -0.4 is 4.90 Å². The highest BCUT2D eigenvalue weighted by molar-refractivity contribution is 9.10. The SMILES string of the molecule is CCOCCn1c(-c2ccc(N3[C@@H](C)CC[C@@H]3C)nc2)nc2cc(Br)ccc21. The second kappa shape index (κ2) is 8.21. The fourth-order valence-electron chi connectivity index (χ4n) is 4.17. The molecule has 0 radical (unpaired) electrons. The van der Waals surface area contributed by atoms with Gasteiger partial charge in [0.05, 0.1) is 17.6 Å². The molecule has 1 fully saturated rings. The van der Waals surface area contributed by atoms with Crippen LogP contribution in [-0.4, -0.2) is 39.8 Å². The van der Waals surface area contributed by atoms with E-state index in [0.717, 1.165) is 45.9 Å². The first kappa shape index (κ1) is 19.4. The summed E-state index contributed by atoms with van der Waals surface area (Å²) in [6, 6.07) is 11.6. The van der Waals surface area contributed by atoms with Gasteiger partial charge in [0.15, 0.2) is 0 Å². The second-order valence-corrected chi connectivity index (χ2v) is 8.42. The van der Waals surface area contributed by atoms with Gasteiger partial charge in [-0.25, -0.2) is 9.97 Å². The zero-order valence-corrected chi connectivity index (χ0v) is 18.3. The van der Waals surface area contributed by atoms with E-state index in [2.05, 4.69) is 69.6 Å². The molecule has 2 aromatic heterocycles. The minimum atomic E-state index is 0.543. The molecular weight excluding hydrogens is 416 g/mol. The van der Waals surface area contributed by atoms with Crippen molar-refractivity contribution in [2.75, 3.05) is 18.1 Å². The topological polar surface area (TPSA) is 43.2 Å². The largest absolute Gasteiger partial charge is 0.380 e. The Morgan fingerprint density at radius 1 is 1.14 bits per heavy atom. The molecule has 0 aliphatic carbocycles. The van der Waals surface area contributed by atoms with Gasteiger partial charge in [-0.15, -0.1) is 0 Å². The lowest BCUT2D eigenvalue weighted by Gasteiger charge is -2.27. The fourth-order valence-corrected chi connectivity index (χ4v) is 4.52. The number of ether oxygens (including phenoxy) is 1. The zero-order chi connectivity index (χ0) is 19.7. The van der Waals surface area contributed by atoms with Crippen molar-refractivity contribution >= 4 is 32.8 Å². The summed E-state index contributed by atoms with van der Waals surface area (Å²) in [7, 11) is 0. The van der Waals surface area contributed by atoms with Crippen LogP contribution in [0.25, 0.3) is 22.4 Å². The Bertz CT molecular complexity index is 943. The maximum absolute atomic E-state index is 5.60. The van der Waals surface area contributed by atoms with Crippen LogP contribution >= 0.6 is 15.9 Å². The number of anilines is 1. The first-order chi connectivity index (χ1) is 13.6. The van der Waals surface area contributed by atoms with E-state index in [1.807, 2.05) is 13.1 Å². The van der Waals surface area contributed by atoms with E-state index in [0.29, 0.717) is 18.7 Å². The molecule has 1 aliphatic rings. The first-order valence-corrected chi connectivity index (χ1v) is 10.9. The summed E-state index contributed by atoms with van der Waals surface area (Å²) in [5, 5.41) is 0. The van der Waals surface area contributed by atoms with E-state index < -0.39 is 0 Å². The molecule has 1 aliphatic heterocycles. The molecule has 3 aromatic rings. The number of benzene rings is 1. The first-order valence-electron chi connectivity index (χ1n) is 10.1. The van der Waals surface area contributed by atoms with Gasteiger partial charge in [-0.3, -0.25) is 0 Å². The number of nitrogens with zero attached hydrogens (tertiary/aromatic N) is 4. The molecule has 6 heteroatoms. The van der Waals surface area contributed by atoms with Crippen LogP contribution in [0.15, 0.2) is 41.0 Å². The summed E-state index contributed by atoms with van der Waals surface area (Å²) < 4.78 is 8.87. The standard InChI is InChI=1S/C22H27BrN4O/c1-4-28-12-11-26-20-9-8-18(23)13-19(20)25-22(26)17-7-10-21(24-14-17)27-15(2)5-6-16(27)3/h7-10,13-16H,4-6,11-12H2,1-3H3/t15-,16-/m0/s1. The Hall–Kier alpha value is -1.92. The normalized spacial score (nSPS) is 19.6. The molecular formula is C22H27BrN4O. The highest BCUT2D eigenvalue weighted by Gasteiger charge is 2.28. The minimum Gasteiger partial charge on any atom is -0.380 e. The van der Waals surface area contributed by atoms with E-state index in [9.17, 15) is 0 Å². The Kier molecular flexibility index (Phi) is 5.69. The van der Waals surface area contributed by atoms with Crippen molar-refractivity contribution in [3.63, 3.8) is 0 Å². The van der Waals surface area contributed by atoms with E-state index in [4.69, 9.17) is 14.7 Å². The van der Waals surface area contributed by atoms with Crippen LogP contribution in [-0.2, 0) is 11.3 Å². The number of rotatable bonds is 6. The molecule has 3 heterocycles. The molecule has 0 N–H and O–H groups in total. The van der Waals surface area contributed by atoms with E-state index in [1.165, 1.54) is 12.8 Å². The van der Waals surface area contributed by atoms with Crippen molar-refractivity contribution in [3.8, 4) is 11.4 Å². The summed E-state index contributed by atoms with van der Waals surface area (Å²) in [5.74, 6) is 2.00. The predicted octanol–water partition coefficient (Wildman–Crippen LogP) is 5.27. The van der Waals surface area contributed by atoms with Crippen LogP contribution in [0.5, 0.6) is 0 Å².